The monoisotopic (exact) mass is 498 g/mol. The van der Waals surface area contributed by atoms with E-state index in [-0.39, 0.29) is 18.0 Å². The lowest BCUT2D eigenvalue weighted by Crippen LogP contribution is -2.05. The third kappa shape index (κ3) is 6.71. The molecule has 0 spiro atoms. The maximum Gasteiger partial charge on any atom is 0.293 e. The van der Waals surface area contributed by atoms with Gasteiger partial charge in [0.2, 0.25) is 0 Å². The van der Waals surface area contributed by atoms with Crippen molar-refractivity contribution in [3.05, 3.63) is 93.0 Å². The second kappa shape index (κ2) is 12.3. The Labute approximate surface area is 215 Å². The number of nitrogens with one attached hydrogen (secondary N) is 1. The number of nitrogens with zero attached hydrogens (tertiary/aromatic N) is 3. The summed E-state index contributed by atoms with van der Waals surface area (Å²) in [6.07, 6.45) is 0. The molecule has 188 valence electrons. The van der Waals surface area contributed by atoms with Crippen LogP contribution < -0.4 is 10.1 Å². The van der Waals surface area contributed by atoms with E-state index >= 15 is 0 Å². The minimum absolute atomic E-state index is 0.0676. The van der Waals surface area contributed by atoms with Crippen molar-refractivity contribution in [2.45, 2.75) is 20.5 Å². The third-order valence-electron chi connectivity index (χ3n) is 5.51. The van der Waals surface area contributed by atoms with Crippen molar-refractivity contribution in [2.75, 3.05) is 25.6 Å². The molecule has 37 heavy (non-hydrogen) atoms. The molecule has 0 amide bonds. The number of anilines is 2. The Morgan fingerprint density at radius 3 is 2.32 bits per heavy atom. The van der Waals surface area contributed by atoms with Gasteiger partial charge in [0, 0.05) is 30.5 Å². The van der Waals surface area contributed by atoms with Crippen molar-refractivity contribution in [3.63, 3.8) is 0 Å². The number of nitro benzene ring substituents is 1. The molecule has 9 heteroatoms. The van der Waals surface area contributed by atoms with Crippen LogP contribution >= 0.6 is 0 Å². The molecular formula is C28H26N4O5. The fraction of sp³-hybridized carbons (Fsp3) is 0.214. The number of hydrogen-bond donors (Lipinski definition) is 1. The van der Waals surface area contributed by atoms with Gasteiger partial charge in [0.15, 0.2) is 0 Å². The van der Waals surface area contributed by atoms with E-state index in [4.69, 9.17) is 19.5 Å². The number of benzene rings is 3. The highest BCUT2D eigenvalue weighted by molar-refractivity contribution is 5.76. The molecule has 0 bridgehead atoms. The van der Waals surface area contributed by atoms with Crippen molar-refractivity contribution in [2.24, 2.45) is 0 Å². The molecule has 0 aliphatic heterocycles. The van der Waals surface area contributed by atoms with Crippen LogP contribution in [0.4, 0.5) is 17.1 Å². The summed E-state index contributed by atoms with van der Waals surface area (Å²) in [5.41, 5.74) is 4.18. The molecule has 0 aliphatic carbocycles. The summed E-state index contributed by atoms with van der Waals surface area (Å²) in [6.45, 7) is 8.22. The van der Waals surface area contributed by atoms with Crippen molar-refractivity contribution < 1.29 is 19.1 Å². The van der Waals surface area contributed by atoms with Gasteiger partial charge in [-0.3, -0.25) is 10.1 Å². The van der Waals surface area contributed by atoms with Crippen LogP contribution in [0.25, 0.3) is 5.57 Å². The number of allylic oxidation sites excluding steroid dienone is 1. The molecule has 3 aromatic rings. The molecule has 0 radical (unpaired) electrons. The van der Waals surface area contributed by atoms with Crippen LogP contribution in [0.15, 0.2) is 55.1 Å². The first-order valence-electron chi connectivity index (χ1n) is 11.3. The van der Waals surface area contributed by atoms with Gasteiger partial charge in [0.25, 0.3) is 5.69 Å². The fourth-order valence-corrected chi connectivity index (χ4v) is 3.64. The molecule has 1 N–H and O–H groups in total. The van der Waals surface area contributed by atoms with E-state index in [0.29, 0.717) is 52.7 Å². The second-order valence-electron chi connectivity index (χ2n) is 8.23. The normalized spacial score (nSPS) is 10.3. The molecule has 0 saturated heterocycles. The molecule has 0 aliphatic rings. The summed E-state index contributed by atoms with van der Waals surface area (Å²) < 4.78 is 17.0. The van der Waals surface area contributed by atoms with Gasteiger partial charge in [0.05, 0.1) is 48.0 Å². The molecular weight excluding hydrogens is 472 g/mol. The predicted molar refractivity (Wildman–Crippen MR) is 140 cm³/mol. The van der Waals surface area contributed by atoms with Crippen LogP contribution in [-0.4, -0.2) is 25.2 Å². The van der Waals surface area contributed by atoms with Gasteiger partial charge in [-0.1, -0.05) is 6.58 Å². The quantitative estimate of drug-likeness (QED) is 0.141. The van der Waals surface area contributed by atoms with E-state index in [1.165, 1.54) is 6.07 Å². The first-order chi connectivity index (χ1) is 17.8. The van der Waals surface area contributed by atoms with Gasteiger partial charge in [-0.2, -0.15) is 10.5 Å². The van der Waals surface area contributed by atoms with E-state index in [2.05, 4.69) is 18.0 Å². The molecule has 3 aromatic carbocycles. The van der Waals surface area contributed by atoms with Crippen LogP contribution in [0.3, 0.4) is 0 Å². The highest BCUT2D eigenvalue weighted by Gasteiger charge is 2.21. The maximum atomic E-state index is 11.9. The number of rotatable bonds is 11. The Hall–Kier alpha value is -4.70. The zero-order valence-corrected chi connectivity index (χ0v) is 20.8. The molecule has 3 rings (SSSR count). The zero-order chi connectivity index (χ0) is 26.9. The number of methoxy groups -OCH3 is 1. The summed E-state index contributed by atoms with van der Waals surface area (Å²) in [7, 11) is 1.56. The molecule has 0 heterocycles. The smallest absolute Gasteiger partial charge is 0.293 e. The third-order valence-corrected chi connectivity index (χ3v) is 5.51. The Morgan fingerprint density at radius 1 is 1.08 bits per heavy atom. The van der Waals surface area contributed by atoms with Crippen LogP contribution in [0.5, 0.6) is 11.5 Å². The van der Waals surface area contributed by atoms with Crippen molar-refractivity contribution in [1.29, 1.82) is 10.5 Å². The number of nitriles is 2. The molecule has 0 fully saturated rings. The van der Waals surface area contributed by atoms with E-state index in [0.717, 1.165) is 11.1 Å². The van der Waals surface area contributed by atoms with E-state index in [1.807, 2.05) is 32.0 Å². The first-order valence-corrected chi connectivity index (χ1v) is 11.3. The SMILES string of the molecule is C=C(C#N)c1cc(C)c(Oc2cc(Nc3ccc(C#N)cc3)c([N+](=O)[O-])cc2COCCOC)c(C)c1. The lowest BCUT2D eigenvalue weighted by atomic mass is 10.0. The van der Waals surface area contributed by atoms with Crippen molar-refractivity contribution >= 4 is 22.6 Å². The lowest BCUT2D eigenvalue weighted by Gasteiger charge is -2.18. The first kappa shape index (κ1) is 26.9. The van der Waals surface area contributed by atoms with Gasteiger partial charge in [-0.15, -0.1) is 0 Å². The van der Waals surface area contributed by atoms with Crippen LogP contribution in [-0.2, 0) is 16.1 Å². The number of hydrogen-bond acceptors (Lipinski definition) is 8. The predicted octanol–water partition coefficient (Wildman–Crippen LogP) is 6.32. The van der Waals surface area contributed by atoms with E-state index in [1.54, 1.807) is 37.4 Å². The van der Waals surface area contributed by atoms with Gasteiger partial charge in [-0.25, -0.2) is 0 Å². The summed E-state index contributed by atoms with van der Waals surface area (Å²) in [5.74, 6) is 0.933. The van der Waals surface area contributed by atoms with E-state index in [9.17, 15) is 15.4 Å². The summed E-state index contributed by atoms with van der Waals surface area (Å²) in [5, 5.41) is 33.2. The highest BCUT2D eigenvalue weighted by atomic mass is 16.6. The van der Waals surface area contributed by atoms with Crippen molar-refractivity contribution in [3.8, 4) is 23.6 Å². The minimum atomic E-state index is -0.479. The summed E-state index contributed by atoms with van der Waals surface area (Å²) >= 11 is 0. The molecule has 9 nitrogen and oxygen atoms in total. The highest BCUT2D eigenvalue weighted by Crippen LogP contribution is 2.39. The zero-order valence-electron chi connectivity index (χ0n) is 20.8. The minimum Gasteiger partial charge on any atom is -0.456 e. The molecule has 0 atom stereocenters. The Kier molecular flexibility index (Phi) is 8.95. The van der Waals surface area contributed by atoms with Gasteiger partial charge < -0.3 is 19.5 Å². The topological polar surface area (TPSA) is 130 Å². The van der Waals surface area contributed by atoms with Gasteiger partial charge >= 0.3 is 0 Å². The molecule has 0 aromatic heterocycles. The lowest BCUT2D eigenvalue weighted by molar-refractivity contribution is -0.384. The van der Waals surface area contributed by atoms with Crippen LogP contribution in [0.2, 0.25) is 0 Å². The van der Waals surface area contributed by atoms with Gasteiger partial charge in [0.1, 0.15) is 17.2 Å². The van der Waals surface area contributed by atoms with Crippen molar-refractivity contribution in [1.82, 2.24) is 0 Å². The number of aryl methyl sites for hydroxylation is 2. The Bertz CT molecular complexity index is 1380. The number of ether oxygens (including phenoxy) is 3. The average molecular weight is 499 g/mol. The summed E-state index contributed by atoms with van der Waals surface area (Å²) in [6, 6.07) is 17.3. The summed E-state index contributed by atoms with van der Waals surface area (Å²) in [4.78, 5) is 11.5. The second-order valence-corrected chi connectivity index (χ2v) is 8.23. The van der Waals surface area contributed by atoms with Gasteiger partial charge in [-0.05, 0) is 66.9 Å². The Morgan fingerprint density at radius 2 is 1.76 bits per heavy atom. The largest absolute Gasteiger partial charge is 0.456 e. The average Bonchev–Trinajstić information content (AvgIpc) is 2.89. The van der Waals surface area contributed by atoms with Crippen LogP contribution in [0, 0.1) is 46.6 Å². The van der Waals surface area contributed by atoms with E-state index < -0.39 is 4.92 Å². The Balaban J connectivity index is 2.06. The molecule has 0 saturated carbocycles. The molecule has 0 unspecified atom stereocenters. The standard InChI is InChI=1S/C28H26N4O5/c1-18-11-22(20(3)15-29)12-19(2)28(18)37-27-14-25(31-24-7-5-21(16-30)6-8-24)26(32(33)34)13-23(27)17-36-10-9-35-4/h5-8,11-14,31H,3,9-10,17H2,1-2,4H3. The maximum absolute atomic E-state index is 11.9. The van der Waals surface area contributed by atoms with Crippen LogP contribution in [0.1, 0.15) is 27.8 Å². The number of nitro groups is 1. The fourth-order valence-electron chi connectivity index (χ4n) is 3.64.